The zero-order valence-electron chi connectivity index (χ0n) is 12.1. The van der Waals surface area contributed by atoms with Crippen LogP contribution < -0.4 is 15.4 Å². The predicted molar refractivity (Wildman–Crippen MR) is 76.2 cm³/mol. The maximum Gasteiger partial charge on any atom is 0.315 e. The summed E-state index contributed by atoms with van der Waals surface area (Å²) in [6, 6.07) is 6.46. The molecule has 0 saturated heterocycles. The van der Waals surface area contributed by atoms with E-state index in [0.717, 1.165) is 29.4 Å². The molecule has 0 bridgehead atoms. The van der Waals surface area contributed by atoms with E-state index < -0.39 is 18.2 Å². The van der Waals surface area contributed by atoms with Gasteiger partial charge in [-0.2, -0.15) is 0 Å². The lowest BCUT2D eigenvalue weighted by Gasteiger charge is -2.07. The Kier molecular flexibility index (Phi) is 4.40. The van der Waals surface area contributed by atoms with Gasteiger partial charge in [0.05, 0.1) is 13.2 Å². The third-order valence-corrected chi connectivity index (χ3v) is 3.43. The van der Waals surface area contributed by atoms with Gasteiger partial charge >= 0.3 is 6.03 Å². The molecule has 0 unspecified atom stereocenters. The van der Waals surface area contributed by atoms with Crippen molar-refractivity contribution in [1.29, 1.82) is 0 Å². The number of benzene rings is 1. The molecule has 6 nitrogen and oxygen atoms in total. The molecule has 0 spiro atoms. The zero-order chi connectivity index (χ0) is 16.2. The number of halogens is 2. The molecule has 23 heavy (non-hydrogen) atoms. The molecular weight excluding hydrogens is 308 g/mol. The quantitative estimate of drug-likeness (QED) is 0.886. The largest absolute Gasteiger partial charge is 0.493 e. The van der Waals surface area contributed by atoms with Crippen molar-refractivity contribution in [2.75, 3.05) is 6.61 Å². The monoisotopic (exact) mass is 323 g/mol. The molecule has 1 aromatic carbocycles. The minimum atomic E-state index is -2.69. The highest BCUT2D eigenvalue weighted by atomic mass is 19.3. The van der Waals surface area contributed by atoms with E-state index in [2.05, 4.69) is 15.8 Å². The molecular formula is C15H15F2N3O3. The van der Waals surface area contributed by atoms with Crippen LogP contribution in [-0.4, -0.2) is 17.8 Å². The van der Waals surface area contributed by atoms with Crippen LogP contribution in [0.1, 0.15) is 29.0 Å². The minimum absolute atomic E-state index is 0.0103. The Labute approximate surface area is 130 Å². The first kappa shape index (κ1) is 15.3. The Morgan fingerprint density at radius 3 is 2.87 bits per heavy atom. The van der Waals surface area contributed by atoms with Crippen LogP contribution in [0, 0.1) is 0 Å². The molecule has 8 heteroatoms. The molecule has 0 fully saturated rings. The van der Waals surface area contributed by atoms with Crippen molar-refractivity contribution in [3.63, 3.8) is 0 Å². The summed E-state index contributed by atoms with van der Waals surface area (Å²) in [6.45, 7) is 1.03. The Balaban J connectivity index is 1.46. The average Bonchev–Trinajstić information content (AvgIpc) is 3.19. The number of amides is 2. The van der Waals surface area contributed by atoms with E-state index in [1.165, 1.54) is 0 Å². The maximum absolute atomic E-state index is 12.4. The summed E-state index contributed by atoms with van der Waals surface area (Å²) in [7, 11) is 0. The molecule has 3 rings (SSSR count). The van der Waals surface area contributed by atoms with Crippen LogP contribution in [0.2, 0.25) is 0 Å². The lowest BCUT2D eigenvalue weighted by Crippen LogP contribution is -2.34. The van der Waals surface area contributed by atoms with Crippen LogP contribution in [0.4, 0.5) is 13.6 Å². The third-order valence-electron chi connectivity index (χ3n) is 3.43. The van der Waals surface area contributed by atoms with Crippen LogP contribution in [0.5, 0.6) is 5.75 Å². The number of hydrogen-bond acceptors (Lipinski definition) is 4. The van der Waals surface area contributed by atoms with E-state index in [1.807, 2.05) is 18.2 Å². The summed E-state index contributed by atoms with van der Waals surface area (Å²) in [5, 5.41) is 8.42. The van der Waals surface area contributed by atoms with E-state index in [9.17, 15) is 13.6 Å². The van der Waals surface area contributed by atoms with Gasteiger partial charge in [0.15, 0.2) is 5.76 Å². The van der Waals surface area contributed by atoms with Crippen molar-refractivity contribution in [1.82, 2.24) is 15.8 Å². The highest BCUT2D eigenvalue weighted by Gasteiger charge is 2.14. The molecule has 2 heterocycles. The summed E-state index contributed by atoms with van der Waals surface area (Å²) in [6.07, 6.45) is -1.82. The number of rotatable bonds is 5. The summed E-state index contributed by atoms with van der Waals surface area (Å²) < 4.78 is 34.8. The van der Waals surface area contributed by atoms with Crippen molar-refractivity contribution in [2.45, 2.75) is 25.9 Å². The molecule has 0 atom stereocenters. The second kappa shape index (κ2) is 6.64. The fourth-order valence-corrected chi connectivity index (χ4v) is 2.28. The minimum Gasteiger partial charge on any atom is -0.493 e. The van der Waals surface area contributed by atoms with Crippen LogP contribution in [0.15, 0.2) is 28.8 Å². The van der Waals surface area contributed by atoms with Gasteiger partial charge in [0.2, 0.25) is 0 Å². The van der Waals surface area contributed by atoms with Gasteiger partial charge in [-0.3, -0.25) is 0 Å². The standard InChI is InChI=1S/C15H15F2N3O3/c16-14(17)12-6-11(23-20-12)8-19-15(21)18-7-9-1-2-13-10(5-9)3-4-22-13/h1-2,5-6,14H,3-4,7-8H2,(H2,18,19,21). The van der Waals surface area contributed by atoms with Crippen LogP contribution in [0.25, 0.3) is 0 Å². The van der Waals surface area contributed by atoms with Gasteiger partial charge in [-0.25, -0.2) is 13.6 Å². The van der Waals surface area contributed by atoms with Crippen LogP contribution in [0.3, 0.4) is 0 Å². The highest BCUT2D eigenvalue weighted by Crippen LogP contribution is 2.25. The van der Waals surface area contributed by atoms with Crippen molar-refractivity contribution < 1.29 is 22.8 Å². The molecule has 0 aliphatic carbocycles. The second-order valence-corrected chi connectivity index (χ2v) is 5.10. The first-order valence-electron chi connectivity index (χ1n) is 7.12. The number of fused-ring (bicyclic) bond motifs is 1. The van der Waals surface area contributed by atoms with Crippen molar-refractivity contribution >= 4 is 6.03 Å². The van der Waals surface area contributed by atoms with Gasteiger partial charge in [0.1, 0.15) is 11.4 Å². The van der Waals surface area contributed by atoms with Crippen LogP contribution >= 0.6 is 0 Å². The molecule has 2 N–H and O–H groups in total. The van der Waals surface area contributed by atoms with E-state index in [1.54, 1.807) is 0 Å². The fraction of sp³-hybridized carbons (Fsp3) is 0.333. The van der Waals surface area contributed by atoms with Gasteiger partial charge in [-0.1, -0.05) is 17.3 Å². The molecule has 1 aromatic heterocycles. The SMILES string of the molecule is O=C(NCc1ccc2c(c1)CCO2)NCc1cc(C(F)F)no1. The van der Waals surface area contributed by atoms with E-state index in [0.29, 0.717) is 13.2 Å². The third kappa shape index (κ3) is 3.77. The smallest absolute Gasteiger partial charge is 0.315 e. The van der Waals surface area contributed by atoms with Gasteiger partial charge in [-0.05, 0) is 17.2 Å². The molecule has 1 aliphatic rings. The lowest BCUT2D eigenvalue weighted by molar-refractivity contribution is 0.140. The number of carbonyl (C=O) groups is 1. The van der Waals surface area contributed by atoms with Crippen molar-refractivity contribution in [3.8, 4) is 5.75 Å². The molecule has 2 aromatic rings. The number of hydrogen-bond donors (Lipinski definition) is 2. The van der Waals surface area contributed by atoms with E-state index >= 15 is 0 Å². The summed E-state index contributed by atoms with van der Waals surface area (Å²) in [5.41, 5.74) is 1.65. The maximum atomic E-state index is 12.4. The van der Waals surface area contributed by atoms with E-state index in [-0.39, 0.29) is 12.3 Å². The fourth-order valence-electron chi connectivity index (χ4n) is 2.28. The normalized spacial score (nSPS) is 12.8. The predicted octanol–water partition coefficient (Wildman–Crippen LogP) is 2.55. The number of nitrogens with one attached hydrogen (secondary N) is 2. The van der Waals surface area contributed by atoms with Gasteiger partial charge in [-0.15, -0.1) is 0 Å². The highest BCUT2D eigenvalue weighted by molar-refractivity contribution is 5.73. The zero-order valence-corrected chi connectivity index (χ0v) is 12.1. The number of aromatic nitrogens is 1. The molecule has 0 radical (unpaired) electrons. The second-order valence-electron chi connectivity index (χ2n) is 5.10. The van der Waals surface area contributed by atoms with Crippen LogP contribution in [-0.2, 0) is 19.5 Å². The lowest BCUT2D eigenvalue weighted by atomic mass is 10.1. The topological polar surface area (TPSA) is 76.4 Å². The van der Waals surface area contributed by atoms with Crippen molar-refractivity contribution in [3.05, 3.63) is 46.8 Å². The number of carbonyl (C=O) groups excluding carboxylic acids is 1. The number of urea groups is 1. The first-order valence-corrected chi connectivity index (χ1v) is 7.12. The molecule has 1 aliphatic heterocycles. The molecule has 122 valence electrons. The van der Waals surface area contributed by atoms with E-state index in [4.69, 9.17) is 9.26 Å². The molecule has 0 saturated carbocycles. The van der Waals surface area contributed by atoms with Gasteiger partial charge in [0.25, 0.3) is 6.43 Å². The Morgan fingerprint density at radius 2 is 2.09 bits per heavy atom. The average molecular weight is 323 g/mol. The summed E-state index contributed by atoms with van der Waals surface area (Å²) in [4.78, 5) is 11.7. The summed E-state index contributed by atoms with van der Waals surface area (Å²) in [5.74, 6) is 1.06. The Bertz CT molecular complexity index is 703. The van der Waals surface area contributed by atoms with Gasteiger partial charge in [0, 0.05) is 19.0 Å². The summed E-state index contributed by atoms with van der Waals surface area (Å²) >= 11 is 0. The van der Waals surface area contributed by atoms with Gasteiger partial charge < -0.3 is 19.9 Å². The Hall–Kier alpha value is -2.64. The molecule has 2 amide bonds. The number of ether oxygens (including phenoxy) is 1. The number of nitrogens with zero attached hydrogens (tertiary/aromatic N) is 1. The first-order chi connectivity index (χ1) is 11.1. The number of alkyl halides is 2. The Morgan fingerprint density at radius 1 is 1.26 bits per heavy atom. The van der Waals surface area contributed by atoms with Crippen molar-refractivity contribution in [2.24, 2.45) is 0 Å².